The van der Waals surface area contributed by atoms with E-state index in [4.69, 9.17) is 15.7 Å². The number of rotatable bonds is 6. The molecule has 7 nitrogen and oxygen atoms in total. The minimum Gasteiger partial charge on any atom is -0.379 e. The maximum atomic E-state index is 12.1. The summed E-state index contributed by atoms with van der Waals surface area (Å²) in [6.07, 6.45) is 3.40. The van der Waals surface area contributed by atoms with Gasteiger partial charge < -0.3 is 15.8 Å². The highest BCUT2D eigenvalue weighted by molar-refractivity contribution is 5.88. The van der Waals surface area contributed by atoms with Crippen molar-refractivity contribution < 1.29 is 19.5 Å². The fraction of sp³-hybridized carbons (Fsp3) is 0.846. The number of nitrogens with two attached hydrogens (primary N) is 1. The molecule has 20 heavy (non-hydrogen) atoms. The second-order valence-electron chi connectivity index (χ2n) is 5.25. The lowest BCUT2D eigenvalue weighted by molar-refractivity contribution is -0.137. The van der Waals surface area contributed by atoms with Crippen molar-refractivity contribution in [3.05, 3.63) is 0 Å². The fourth-order valence-corrected chi connectivity index (χ4v) is 2.50. The lowest BCUT2D eigenvalue weighted by Crippen LogP contribution is -2.56. The van der Waals surface area contributed by atoms with Crippen LogP contribution in [0.5, 0.6) is 0 Å². The average molecular weight is 287 g/mol. The minimum atomic E-state index is -0.919. The maximum absolute atomic E-state index is 12.1. The van der Waals surface area contributed by atoms with Gasteiger partial charge in [-0.2, -0.15) is 0 Å². The first-order chi connectivity index (χ1) is 9.49. The van der Waals surface area contributed by atoms with Gasteiger partial charge in [-0.3, -0.25) is 14.8 Å². The van der Waals surface area contributed by atoms with Crippen LogP contribution in [-0.2, 0) is 14.3 Å². The third-order valence-corrected chi connectivity index (χ3v) is 3.66. The van der Waals surface area contributed by atoms with Gasteiger partial charge in [-0.1, -0.05) is 0 Å². The summed E-state index contributed by atoms with van der Waals surface area (Å²) in [6, 6.07) is -1.50. The molecule has 1 fully saturated rings. The first-order valence-corrected chi connectivity index (χ1v) is 7.11. The van der Waals surface area contributed by atoms with Crippen LogP contribution >= 0.6 is 0 Å². The van der Waals surface area contributed by atoms with Crippen LogP contribution in [0.1, 0.15) is 39.5 Å². The highest BCUT2D eigenvalue weighted by Crippen LogP contribution is 2.26. The van der Waals surface area contributed by atoms with Crippen LogP contribution in [0.2, 0.25) is 0 Å². The summed E-state index contributed by atoms with van der Waals surface area (Å²) in [5.41, 5.74) is 7.17. The van der Waals surface area contributed by atoms with Crippen LogP contribution in [0.4, 0.5) is 0 Å². The van der Waals surface area contributed by atoms with E-state index in [-0.39, 0.29) is 17.9 Å². The third kappa shape index (κ3) is 4.73. The van der Waals surface area contributed by atoms with E-state index in [0.717, 1.165) is 25.7 Å². The number of carbonyl (C=O) groups excluding carboxylic acids is 2. The van der Waals surface area contributed by atoms with Crippen LogP contribution in [0.3, 0.4) is 0 Å². The first-order valence-electron chi connectivity index (χ1n) is 7.11. The van der Waals surface area contributed by atoms with Crippen molar-refractivity contribution in [3.63, 3.8) is 0 Å². The van der Waals surface area contributed by atoms with Gasteiger partial charge in [0.15, 0.2) is 0 Å². The molecule has 1 aliphatic rings. The zero-order chi connectivity index (χ0) is 15.1. The zero-order valence-electron chi connectivity index (χ0n) is 12.1. The standard InChI is InChI=1S/C13H25N3O4/c1-3-20-10-6-4-9(5-7-10)12(17)15-11(8(2)14)13(18)16-19/h8-11,19H,3-7,14H2,1-2H3,(H,15,17)(H,16,18)/t8-,9-,10-,11+/m1/s1. The Balaban J connectivity index is 2.48. The predicted molar refractivity (Wildman–Crippen MR) is 72.9 cm³/mol. The SMILES string of the molecule is CCO[C@H]1CC[C@H](C(=O)N[C@H](C(=O)NO)[C@@H](C)N)CC1. The van der Waals surface area contributed by atoms with E-state index < -0.39 is 18.0 Å². The maximum Gasteiger partial charge on any atom is 0.267 e. The van der Waals surface area contributed by atoms with Gasteiger partial charge in [0.25, 0.3) is 5.91 Å². The molecule has 0 heterocycles. The van der Waals surface area contributed by atoms with Gasteiger partial charge in [0, 0.05) is 18.6 Å². The Hall–Kier alpha value is -1.18. The van der Waals surface area contributed by atoms with Crippen molar-refractivity contribution in [2.45, 2.75) is 57.7 Å². The summed E-state index contributed by atoms with van der Waals surface area (Å²) in [7, 11) is 0. The van der Waals surface area contributed by atoms with Crippen molar-refractivity contribution in [3.8, 4) is 0 Å². The molecule has 0 radical (unpaired) electrons. The van der Waals surface area contributed by atoms with Crippen molar-refractivity contribution >= 4 is 11.8 Å². The first kappa shape index (κ1) is 16.9. The molecule has 2 atom stereocenters. The molecule has 1 aliphatic carbocycles. The van der Waals surface area contributed by atoms with Crippen LogP contribution in [0, 0.1) is 5.92 Å². The molecular weight excluding hydrogens is 262 g/mol. The summed E-state index contributed by atoms with van der Waals surface area (Å²) in [5.74, 6) is -1.01. The molecule has 0 aromatic heterocycles. The third-order valence-electron chi connectivity index (χ3n) is 3.66. The summed E-state index contributed by atoms with van der Waals surface area (Å²) in [5, 5.41) is 11.3. The van der Waals surface area contributed by atoms with Crippen LogP contribution in [0.25, 0.3) is 0 Å². The van der Waals surface area contributed by atoms with Gasteiger partial charge in [-0.05, 0) is 39.5 Å². The Morgan fingerprint density at radius 1 is 1.35 bits per heavy atom. The Bertz CT molecular complexity index is 328. The normalized spacial score (nSPS) is 25.6. The zero-order valence-corrected chi connectivity index (χ0v) is 12.1. The molecule has 7 heteroatoms. The number of amides is 2. The largest absolute Gasteiger partial charge is 0.379 e. The number of ether oxygens (including phenoxy) is 1. The number of hydroxylamine groups is 1. The monoisotopic (exact) mass is 287 g/mol. The average Bonchev–Trinajstić information content (AvgIpc) is 2.44. The number of carbonyl (C=O) groups is 2. The highest BCUT2D eigenvalue weighted by atomic mass is 16.5. The van der Waals surface area contributed by atoms with E-state index in [1.54, 1.807) is 6.92 Å². The van der Waals surface area contributed by atoms with E-state index in [9.17, 15) is 9.59 Å². The van der Waals surface area contributed by atoms with Crippen molar-refractivity contribution in [2.24, 2.45) is 11.7 Å². The summed E-state index contributed by atoms with van der Waals surface area (Å²) >= 11 is 0. The smallest absolute Gasteiger partial charge is 0.267 e. The van der Waals surface area contributed by atoms with Crippen molar-refractivity contribution in [2.75, 3.05) is 6.61 Å². The summed E-state index contributed by atoms with van der Waals surface area (Å²) in [6.45, 7) is 4.25. The number of hydrogen-bond acceptors (Lipinski definition) is 5. The topological polar surface area (TPSA) is 114 Å². The molecule has 0 bridgehead atoms. The number of hydrogen-bond donors (Lipinski definition) is 4. The second kappa shape index (κ2) is 8.18. The van der Waals surface area contributed by atoms with Crippen molar-refractivity contribution in [1.29, 1.82) is 0 Å². The Kier molecular flexibility index (Phi) is 6.90. The van der Waals surface area contributed by atoms with Gasteiger partial charge >= 0.3 is 0 Å². The molecule has 0 aromatic rings. The quantitative estimate of drug-likeness (QED) is 0.403. The molecule has 1 rings (SSSR count). The predicted octanol–water partition coefficient (Wildman–Crippen LogP) is -0.0809. The molecule has 1 saturated carbocycles. The molecule has 5 N–H and O–H groups in total. The molecule has 0 spiro atoms. The minimum absolute atomic E-state index is 0.126. The van der Waals surface area contributed by atoms with Crippen LogP contribution < -0.4 is 16.5 Å². The molecule has 0 aromatic carbocycles. The van der Waals surface area contributed by atoms with Crippen LogP contribution in [0.15, 0.2) is 0 Å². The molecule has 0 saturated heterocycles. The summed E-state index contributed by atoms with van der Waals surface area (Å²) < 4.78 is 5.54. The van der Waals surface area contributed by atoms with E-state index in [2.05, 4.69) is 5.32 Å². The molecular formula is C13H25N3O4. The molecule has 0 aliphatic heterocycles. The van der Waals surface area contributed by atoms with E-state index in [0.29, 0.717) is 6.61 Å². The van der Waals surface area contributed by atoms with E-state index >= 15 is 0 Å². The van der Waals surface area contributed by atoms with Gasteiger partial charge in [0.1, 0.15) is 6.04 Å². The van der Waals surface area contributed by atoms with Crippen molar-refractivity contribution in [1.82, 2.24) is 10.8 Å². The Morgan fingerprint density at radius 2 is 1.95 bits per heavy atom. The highest BCUT2D eigenvalue weighted by Gasteiger charge is 2.30. The van der Waals surface area contributed by atoms with Gasteiger partial charge in [-0.25, -0.2) is 5.48 Å². The van der Waals surface area contributed by atoms with E-state index in [1.165, 1.54) is 5.48 Å². The molecule has 2 amide bonds. The lowest BCUT2D eigenvalue weighted by Gasteiger charge is -2.29. The lowest BCUT2D eigenvalue weighted by atomic mass is 9.86. The molecule has 116 valence electrons. The fourth-order valence-electron chi connectivity index (χ4n) is 2.50. The van der Waals surface area contributed by atoms with E-state index in [1.807, 2.05) is 6.92 Å². The van der Waals surface area contributed by atoms with Gasteiger partial charge in [-0.15, -0.1) is 0 Å². The van der Waals surface area contributed by atoms with Gasteiger partial charge in [0.05, 0.1) is 6.10 Å². The Labute approximate surface area is 119 Å². The second-order valence-corrected chi connectivity index (χ2v) is 5.25. The summed E-state index contributed by atoms with van der Waals surface area (Å²) in [4.78, 5) is 23.6. The number of nitrogens with one attached hydrogen (secondary N) is 2. The van der Waals surface area contributed by atoms with Gasteiger partial charge in [0.2, 0.25) is 5.91 Å². The van der Waals surface area contributed by atoms with Crippen LogP contribution in [-0.4, -0.2) is 41.8 Å². The molecule has 0 unspecified atom stereocenters. The Morgan fingerprint density at radius 3 is 2.40 bits per heavy atom.